The zero-order chi connectivity index (χ0) is 20.0. The number of nitrogens with one attached hydrogen (secondary N) is 1. The summed E-state index contributed by atoms with van der Waals surface area (Å²) in [5, 5.41) is 11.5. The summed E-state index contributed by atoms with van der Waals surface area (Å²) in [6.07, 6.45) is 3.02. The molecule has 2 rings (SSSR count). The van der Waals surface area contributed by atoms with Crippen molar-refractivity contribution in [1.82, 2.24) is 5.32 Å². The van der Waals surface area contributed by atoms with E-state index < -0.39 is 22.8 Å². The molecule has 1 aromatic rings. The highest BCUT2D eigenvalue weighted by Crippen LogP contribution is 2.35. The molecule has 0 atom stereocenters. The van der Waals surface area contributed by atoms with E-state index in [1.54, 1.807) is 18.2 Å². The third-order valence-electron chi connectivity index (χ3n) is 3.65. The van der Waals surface area contributed by atoms with Crippen LogP contribution >= 0.6 is 23.2 Å². The van der Waals surface area contributed by atoms with Crippen LogP contribution in [0.4, 0.5) is 0 Å². The predicted molar refractivity (Wildman–Crippen MR) is 100 cm³/mol. The Morgan fingerprint density at radius 2 is 1.81 bits per heavy atom. The minimum atomic E-state index is -1.27. The summed E-state index contributed by atoms with van der Waals surface area (Å²) in [7, 11) is 3.07. The Labute approximate surface area is 166 Å². The van der Waals surface area contributed by atoms with Gasteiger partial charge in [0.05, 0.1) is 19.8 Å². The van der Waals surface area contributed by atoms with Crippen molar-refractivity contribution in [2.45, 2.75) is 17.3 Å². The first kappa shape index (κ1) is 20.9. The van der Waals surface area contributed by atoms with E-state index in [0.29, 0.717) is 11.5 Å². The molecule has 0 unspecified atom stereocenters. The molecule has 1 aromatic carbocycles. The third-order valence-corrected chi connectivity index (χ3v) is 4.17. The second-order valence-electron chi connectivity index (χ2n) is 5.68. The molecule has 0 saturated heterocycles. The highest BCUT2D eigenvalue weighted by atomic mass is 35.5. The molecule has 1 amide bonds. The number of carboxylic acid groups (broad SMARTS) is 1. The first-order chi connectivity index (χ1) is 12.7. The van der Waals surface area contributed by atoms with Gasteiger partial charge in [-0.25, -0.2) is 4.79 Å². The Morgan fingerprint density at radius 3 is 2.37 bits per heavy atom. The number of hydrogen-bond acceptors (Lipinski definition) is 5. The minimum absolute atomic E-state index is 0.0226. The van der Waals surface area contributed by atoms with E-state index in [4.69, 9.17) is 42.5 Å². The van der Waals surface area contributed by atoms with Crippen LogP contribution in [-0.4, -0.2) is 42.1 Å². The third kappa shape index (κ3) is 6.08. The van der Waals surface area contributed by atoms with Crippen molar-refractivity contribution in [3.8, 4) is 11.5 Å². The van der Waals surface area contributed by atoms with Gasteiger partial charge in [0.2, 0.25) is 0 Å². The van der Waals surface area contributed by atoms with Gasteiger partial charge in [0.25, 0.3) is 5.91 Å². The van der Waals surface area contributed by atoms with Crippen LogP contribution in [0.1, 0.15) is 12.0 Å². The summed E-state index contributed by atoms with van der Waals surface area (Å²) < 4.78 is 14.3. The summed E-state index contributed by atoms with van der Waals surface area (Å²) in [6.45, 7) is -0.420. The van der Waals surface area contributed by atoms with Crippen molar-refractivity contribution in [3.05, 3.63) is 47.2 Å². The highest BCUT2D eigenvalue weighted by Gasteiger charge is 2.30. The lowest BCUT2D eigenvalue weighted by molar-refractivity contribution is -0.141. The molecule has 2 N–H and O–H groups in total. The summed E-state index contributed by atoms with van der Waals surface area (Å²) in [6, 6.07) is 5.24. The van der Waals surface area contributed by atoms with Crippen LogP contribution in [0.5, 0.6) is 11.5 Å². The molecular formula is C18H19Cl2NO6. The van der Waals surface area contributed by atoms with Crippen molar-refractivity contribution in [2.24, 2.45) is 0 Å². The first-order valence-electron chi connectivity index (χ1n) is 7.90. The molecule has 0 radical (unpaired) electrons. The number of hydrogen-bond donors (Lipinski definition) is 2. The van der Waals surface area contributed by atoms with Crippen molar-refractivity contribution in [2.75, 3.05) is 20.8 Å². The van der Waals surface area contributed by atoms with Gasteiger partial charge in [-0.1, -0.05) is 29.3 Å². The number of amides is 1. The molecule has 1 aliphatic rings. The van der Waals surface area contributed by atoms with E-state index in [1.807, 2.05) is 0 Å². The second-order valence-corrected chi connectivity index (χ2v) is 7.22. The number of ether oxygens (including phenoxy) is 3. The first-order valence-corrected chi connectivity index (χ1v) is 8.65. The molecule has 1 aliphatic carbocycles. The lowest BCUT2D eigenvalue weighted by Gasteiger charge is -2.23. The van der Waals surface area contributed by atoms with Crippen LogP contribution in [0.3, 0.4) is 0 Å². The molecule has 0 saturated carbocycles. The fourth-order valence-electron chi connectivity index (χ4n) is 2.38. The number of allylic oxidation sites excluding steroid dienone is 2. The van der Waals surface area contributed by atoms with E-state index in [9.17, 15) is 9.59 Å². The number of carbonyl (C=O) groups is 2. The number of carbonyl (C=O) groups excluding carboxylic acids is 1. The lowest BCUT2D eigenvalue weighted by Crippen LogP contribution is -2.29. The van der Waals surface area contributed by atoms with Gasteiger partial charge in [0.15, 0.2) is 6.61 Å². The Balaban J connectivity index is 2.11. The van der Waals surface area contributed by atoms with Crippen LogP contribution in [0.15, 0.2) is 41.7 Å². The summed E-state index contributed by atoms with van der Waals surface area (Å²) in [5.41, 5.74) is 0.931. The number of methoxy groups -OCH3 is 2. The lowest BCUT2D eigenvalue weighted by atomic mass is 10.0. The largest absolute Gasteiger partial charge is 0.497 e. The van der Waals surface area contributed by atoms with E-state index in [-0.39, 0.29) is 24.3 Å². The zero-order valence-corrected chi connectivity index (χ0v) is 16.3. The van der Waals surface area contributed by atoms with Crippen molar-refractivity contribution < 1.29 is 28.9 Å². The van der Waals surface area contributed by atoms with Gasteiger partial charge in [0.1, 0.15) is 21.6 Å². The Bertz CT molecular complexity index is 766. The van der Waals surface area contributed by atoms with Crippen LogP contribution in [0.2, 0.25) is 0 Å². The molecule has 7 nitrogen and oxygen atoms in total. The number of rotatable bonds is 8. The van der Waals surface area contributed by atoms with Gasteiger partial charge in [-0.15, -0.1) is 0 Å². The van der Waals surface area contributed by atoms with E-state index in [0.717, 1.165) is 5.56 Å². The monoisotopic (exact) mass is 415 g/mol. The van der Waals surface area contributed by atoms with Gasteiger partial charge in [0, 0.05) is 19.0 Å². The highest BCUT2D eigenvalue weighted by molar-refractivity contribution is 6.50. The number of aliphatic carboxylic acids is 1. The number of halogens is 2. The standard InChI is InChI=1S/C18H19Cl2NO6/c1-25-12-5-11(6-13(7-12)26-2)9-21-17(24)14-3-4-18(19,20)8-15(14)27-10-16(22)23/h3,5-8H,4,9-10H2,1-2H3,(H,21,24)(H,22,23). The molecule has 0 fully saturated rings. The average Bonchev–Trinajstić information content (AvgIpc) is 2.63. The second kappa shape index (κ2) is 9.01. The van der Waals surface area contributed by atoms with Crippen LogP contribution in [0.25, 0.3) is 0 Å². The van der Waals surface area contributed by atoms with Crippen molar-refractivity contribution in [1.29, 1.82) is 0 Å². The quantitative estimate of drug-likeness (QED) is 0.633. The number of benzene rings is 1. The van der Waals surface area contributed by atoms with Gasteiger partial charge >= 0.3 is 5.97 Å². The van der Waals surface area contributed by atoms with E-state index in [2.05, 4.69) is 5.32 Å². The number of carboxylic acids is 1. The summed E-state index contributed by atoms with van der Waals surface area (Å²) in [5.74, 6) is -0.420. The molecule has 0 aliphatic heterocycles. The maximum Gasteiger partial charge on any atom is 0.341 e. The van der Waals surface area contributed by atoms with E-state index >= 15 is 0 Å². The Morgan fingerprint density at radius 1 is 1.19 bits per heavy atom. The van der Waals surface area contributed by atoms with Crippen LogP contribution in [0, 0.1) is 0 Å². The maximum atomic E-state index is 12.6. The molecule has 0 heterocycles. The molecule has 0 aromatic heterocycles. The fraction of sp³-hybridized carbons (Fsp3) is 0.333. The van der Waals surface area contributed by atoms with Gasteiger partial charge in [-0.2, -0.15) is 0 Å². The van der Waals surface area contributed by atoms with Gasteiger partial charge < -0.3 is 24.6 Å². The molecule has 146 valence electrons. The zero-order valence-electron chi connectivity index (χ0n) is 14.8. The Kier molecular flexibility index (Phi) is 6.98. The average molecular weight is 416 g/mol. The fourth-order valence-corrected chi connectivity index (χ4v) is 2.73. The topological polar surface area (TPSA) is 94.1 Å². The summed E-state index contributed by atoms with van der Waals surface area (Å²) in [4.78, 5) is 23.3. The molecule has 9 heteroatoms. The van der Waals surface area contributed by atoms with Crippen molar-refractivity contribution >= 4 is 35.1 Å². The normalized spacial score (nSPS) is 15.3. The predicted octanol–water partition coefficient (Wildman–Crippen LogP) is 2.81. The van der Waals surface area contributed by atoms with Gasteiger partial charge in [-0.3, -0.25) is 4.79 Å². The molecule has 0 bridgehead atoms. The van der Waals surface area contributed by atoms with E-state index in [1.165, 1.54) is 26.4 Å². The molecular weight excluding hydrogens is 397 g/mol. The molecule has 27 heavy (non-hydrogen) atoms. The Hall–Kier alpha value is -2.38. The smallest absolute Gasteiger partial charge is 0.341 e. The maximum absolute atomic E-state index is 12.6. The number of alkyl halides is 2. The minimum Gasteiger partial charge on any atom is -0.497 e. The van der Waals surface area contributed by atoms with Crippen LogP contribution < -0.4 is 14.8 Å². The van der Waals surface area contributed by atoms with Gasteiger partial charge in [-0.05, 0) is 23.8 Å². The SMILES string of the molecule is COc1cc(CNC(=O)C2=CCC(Cl)(Cl)C=C2OCC(=O)O)cc(OC)c1. The molecule has 0 spiro atoms. The summed E-state index contributed by atoms with van der Waals surface area (Å²) >= 11 is 12.1. The van der Waals surface area contributed by atoms with Crippen LogP contribution in [-0.2, 0) is 20.9 Å². The van der Waals surface area contributed by atoms with Crippen molar-refractivity contribution in [3.63, 3.8) is 0 Å².